The van der Waals surface area contributed by atoms with E-state index in [1.54, 1.807) is 11.4 Å². The summed E-state index contributed by atoms with van der Waals surface area (Å²) in [5.74, 6) is -0.0156. The molecule has 0 bridgehead atoms. The summed E-state index contributed by atoms with van der Waals surface area (Å²) in [6.45, 7) is 1.81. The van der Waals surface area contributed by atoms with Gasteiger partial charge in [-0.05, 0) is 29.0 Å². The predicted molar refractivity (Wildman–Crippen MR) is 86.8 cm³/mol. The van der Waals surface area contributed by atoms with Crippen molar-refractivity contribution in [3.05, 3.63) is 57.8 Å². The minimum Gasteiger partial charge on any atom is -0.351 e. The molecule has 0 fully saturated rings. The van der Waals surface area contributed by atoms with Gasteiger partial charge in [-0.15, -0.1) is 0 Å². The molecule has 4 nitrogen and oxygen atoms in total. The second-order valence-electron chi connectivity index (χ2n) is 5.35. The summed E-state index contributed by atoms with van der Waals surface area (Å²) in [6.07, 6.45) is 1.25. The van der Waals surface area contributed by atoms with E-state index in [9.17, 15) is 9.59 Å². The lowest BCUT2D eigenvalue weighted by atomic mass is 10.00. The summed E-state index contributed by atoms with van der Waals surface area (Å²) in [5, 5.41) is 6.47. The molecule has 0 radical (unpaired) electrons. The maximum Gasteiger partial charge on any atom is 0.252 e. The molecular formula is C17H18N2O2S. The number of rotatable bonds is 4. The van der Waals surface area contributed by atoms with Crippen molar-refractivity contribution >= 4 is 23.2 Å². The topological polar surface area (TPSA) is 49.4 Å². The molecule has 3 rings (SSSR count). The lowest BCUT2D eigenvalue weighted by Crippen LogP contribution is -2.38. The average Bonchev–Trinajstić information content (AvgIpc) is 3.08. The van der Waals surface area contributed by atoms with Gasteiger partial charge in [0.05, 0.1) is 0 Å². The Morgan fingerprint density at radius 3 is 2.77 bits per heavy atom. The Morgan fingerprint density at radius 1 is 1.18 bits per heavy atom. The Bertz CT molecular complexity index is 667. The fourth-order valence-corrected chi connectivity index (χ4v) is 3.28. The van der Waals surface area contributed by atoms with Gasteiger partial charge < -0.3 is 10.2 Å². The Morgan fingerprint density at radius 2 is 2.00 bits per heavy atom. The van der Waals surface area contributed by atoms with Crippen molar-refractivity contribution in [3.63, 3.8) is 0 Å². The zero-order chi connectivity index (χ0) is 15.4. The zero-order valence-corrected chi connectivity index (χ0v) is 13.1. The van der Waals surface area contributed by atoms with Crippen LogP contribution in [-0.4, -0.2) is 29.8 Å². The highest BCUT2D eigenvalue weighted by Crippen LogP contribution is 2.18. The molecule has 0 aliphatic carbocycles. The first-order valence-corrected chi connectivity index (χ1v) is 8.33. The van der Waals surface area contributed by atoms with Crippen LogP contribution in [0.25, 0.3) is 0 Å². The second kappa shape index (κ2) is 6.75. The van der Waals surface area contributed by atoms with Crippen molar-refractivity contribution in [2.45, 2.75) is 19.4 Å². The SMILES string of the molecule is O=C(NCCC(=O)N1CCc2ccccc2C1)c1ccsc1. The van der Waals surface area contributed by atoms with Gasteiger partial charge in [-0.1, -0.05) is 24.3 Å². The van der Waals surface area contributed by atoms with Crippen molar-refractivity contribution in [2.75, 3.05) is 13.1 Å². The van der Waals surface area contributed by atoms with E-state index in [4.69, 9.17) is 0 Å². The van der Waals surface area contributed by atoms with Crippen LogP contribution < -0.4 is 5.32 Å². The Kier molecular flexibility index (Phi) is 4.53. The lowest BCUT2D eigenvalue weighted by Gasteiger charge is -2.29. The van der Waals surface area contributed by atoms with Crippen LogP contribution in [0.4, 0.5) is 0 Å². The Labute approximate surface area is 133 Å². The molecule has 0 atom stereocenters. The van der Waals surface area contributed by atoms with E-state index in [1.165, 1.54) is 22.5 Å². The average molecular weight is 314 g/mol. The van der Waals surface area contributed by atoms with E-state index in [0.717, 1.165) is 13.0 Å². The summed E-state index contributed by atoms with van der Waals surface area (Å²) in [6, 6.07) is 10.0. The standard InChI is InChI=1S/C17H18N2O2S/c20-16(5-8-18-17(21)15-7-10-22-12-15)19-9-6-13-3-1-2-4-14(13)11-19/h1-4,7,10,12H,5-6,8-9,11H2,(H,18,21). The molecule has 2 heterocycles. The quantitative estimate of drug-likeness (QED) is 0.942. The van der Waals surface area contributed by atoms with Gasteiger partial charge in [-0.3, -0.25) is 9.59 Å². The van der Waals surface area contributed by atoms with Gasteiger partial charge in [0.2, 0.25) is 5.91 Å². The maximum atomic E-state index is 12.3. The summed E-state index contributed by atoms with van der Waals surface area (Å²) in [4.78, 5) is 25.9. The van der Waals surface area contributed by atoms with Crippen LogP contribution in [0, 0.1) is 0 Å². The number of nitrogens with one attached hydrogen (secondary N) is 1. The highest BCUT2D eigenvalue weighted by Gasteiger charge is 2.20. The fraction of sp³-hybridized carbons (Fsp3) is 0.294. The highest BCUT2D eigenvalue weighted by atomic mass is 32.1. The molecule has 2 amide bonds. The molecule has 1 aliphatic heterocycles. The number of carbonyl (C=O) groups is 2. The summed E-state index contributed by atoms with van der Waals surface area (Å²) < 4.78 is 0. The molecular weight excluding hydrogens is 296 g/mol. The summed E-state index contributed by atoms with van der Waals surface area (Å²) in [5.41, 5.74) is 3.21. The van der Waals surface area contributed by atoms with Crippen LogP contribution in [0.3, 0.4) is 0 Å². The third kappa shape index (κ3) is 3.36. The molecule has 114 valence electrons. The Hall–Kier alpha value is -2.14. The van der Waals surface area contributed by atoms with Gasteiger partial charge in [0, 0.05) is 37.0 Å². The number of fused-ring (bicyclic) bond motifs is 1. The first-order valence-electron chi connectivity index (χ1n) is 7.39. The van der Waals surface area contributed by atoms with Crippen molar-refractivity contribution in [3.8, 4) is 0 Å². The number of hydrogen-bond donors (Lipinski definition) is 1. The van der Waals surface area contributed by atoms with E-state index in [2.05, 4.69) is 17.4 Å². The number of hydrogen-bond acceptors (Lipinski definition) is 3. The van der Waals surface area contributed by atoms with E-state index < -0.39 is 0 Å². The molecule has 2 aromatic rings. The third-order valence-corrected chi connectivity index (χ3v) is 4.57. The summed E-state index contributed by atoms with van der Waals surface area (Å²) in [7, 11) is 0. The van der Waals surface area contributed by atoms with Gasteiger partial charge >= 0.3 is 0 Å². The number of thiophene rings is 1. The molecule has 1 aliphatic rings. The van der Waals surface area contributed by atoms with E-state index >= 15 is 0 Å². The van der Waals surface area contributed by atoms with Crippen molar-refractivity contribution < 1.29 is 9.59 Å². The van der Waals surface area contributed by atoms with Crippen molar-refractivity contribution in [1.29, 1.82) is 0 Å². The van der Waals surface area contributed by atoms with Crippen LogP contribution in [0.2, 0.25) is 0 Å². The molecule has 1 N–H and O–H groups in total. The minimum absolute atomic E-state index is 0.0973. The highest BCUT2D eigenvalue weighted by molar-refractivity contribution is 7.08. The maximum absolute atomic E-state index is 12.3. The fourth-order valence-electron chi connectivity index (χ4n) is 2.65. The normalized spacial score (nSPS) is 13.5. The van der Waals surface area contributed by atoms with Crippen LogP contribution >= 0.6 is 11.3 Å². The van der Waals surface area contributed by atoms with E-state index in [1.807, 2.05) is 22.4 Å². The lowest BCUT2D eigenvalue weighted by molar-refractivity contribution is -0.131. The number of benzene rings is 1. The number of nitrogens with zero attached hydrogens (tertiary/aromatic N) is 1. The molecule has 0 spiro atoms. The van der Waals surface area contributed by atoms with Crippen molar-refractivity contribution in [2.24, 2.45) is 0 Å². The first kappa shape index (κ1) is 14.8. The van der Waals surface area contributed by atoms with Crippen LogP contribution in [0.1, 0.15) is 27.9 Å². The molecule has 0 saturated carbocycles. The zero-order valence-electron chi connectivity index (χ0n) is 12.2. The van der Waals surface area contributed by atoms with Crippen LogP contribution in [0.15, 0.2) is 41.1 Å². The molecule has 1 aromatic carbocycles. The molecule has 1 aromatic heterocycles. The van der Waals surface area contributed by atoms with E-state index in [0.29, 0.717) is 25.1 Å². The predicted octanol–water partition coefficient (Wildman–Crippen LogP) is 2.45. The summed E-state index contributed by atoms with van der Waals surface area (Å²) >= 11 is 1.49. The van der Waals surface area contributed by atoms with Crippen molar-refractivity contribution in [1.82, 2.24) is 10.2 Å². The largest absolute Gasteiger partial charge is 0.351 e. The monoisotopic (exact) mass is 314 g/mol. The van der Waals surface area contributed by atoms with E-state index in [-0.39, 0.29) is 11.8 Å². The molecule has 0 saturated heterocycles. The van der Waals surface area contributed by atoms with Gasteiger partial charge in [0.25, 0.3) is 5.91 Å². The number of amides is 2. The third-order valence-electron chi connectivity index (χ3n) is 3.89. The molecule has 0 unspecified atom stereocenters. The molecule has 22 heavy (non-hydrogen) atoms. The van der Waals surface area contributed by atoms with Gasteiger partial charge in [0.1, 0.15) is 0 Å². The van der Waals surface area contributed by atoms with Crippen LogP contribution in [0.5, 0.6) is 0 Å². The van der Waals surface area contributed by atoms with Gasteiger partial charge in [0.15, 0.2) is 0 Å². The Balaban J connectivity index is 1.48. The second-order valence-corrected chi connectivity index (χ2v) is 6.13. The minimum atomic E-state index is -0.113. The number of carbonyl (C=O) groups excluding carboxylic acids is 2. The first-order chi connectivity index (χ1) is 10.7. The smallest absolute Gasteiger partial charge is 0.252 e. The van der Waals surface area contributed by atoms with Gasteiger partial charge in [-0.2, -0.15) is 11.3 Å². The van der Waals surface area contributed by atoms with Crippen LogP contribution in [-0.2, 0) is 17.8 Å². The van der Waals surface area contributed by atoms with Gasteiger partial charge in [-0.25, -0.2) is 0 Å². The molecule has 5 heteroatoms.